The van der Waals surface area contributed by atoms with Crippen molar-refractivity contribution in [2.45, 2.75) is 26.4 Å². The van der Waals surface area contributed by atoms with Crippen molar-refractivity contribution in [1.29, 1.82) is 5.26 Å². The summed E-state index contributed by atoms with van der Waals surface area (Å²) in [4.78, 5) is 0. The SMILES string of the molecule is CCc1ccc(CNCc2cc(C#N)ccc2OC)cc1. The minimum Gasteiger partial charge on any atom is -0.496 e. The number of ether oxygens (including phenoxy) is 1. The number of methoxy groups -OCH3 is 1. The summed E-state index contributed by atoms with van der Waals surface area (Å²) in [5.74, 6) is 0.808. The van der Waals surface area contributed by atoms with Crippen LogP contribution in [0, 0.1) is 11.3 Å². The molecule has 2 aromatic rings. The van der Waals surface area contributed by atoms with Gasteiger partial charge in [0.1, 0.15) is 5.75 Å². The Hall–Kier alpha value is -2.31. The fraction of sp³-hybridized carbons (Fsp3) is 0.278. The quantitative estimate of drug-likeness (QED) is 0.882. The molecular formula is C18H20N2O. The van der Waals surface area contributed by atoms with Gasteiger partial charge in [-0.25, -0.2) is 0 Å². The van der Waals surface area contributed by atoms with Gasteiger partial charge >= 0.3 is 0 Å². The first-order chi connectivity index (χ1) is 10.3. The van der Waals surface area contributed by atoms with E-state index >= 15 is 0 Å². The van der Waals surface area contributed by atoms with Crippen molar-refractivity contribution < 1.29 is 4.74 Å². The number of nitriles is 1. The fourth-order valence-corrected chi connectivity index (χ4v) is 2.22. The third kappa shape index (κ3) is 4.08. The monoisotopic (exact) mass is 280 g/mol. The molecule has 3 heteroatoms. The molecular weight excluding hydrogens is 260 g/mol. The van der Waals surface area contributed by atoms with E-state index in [-0.39, 0.29) is 0 Å². The highest BCUT2D eigenvalue weighted by atomic mass is 16.5. The maximum Gasteiger partial charge on any atom is 0.123 e. The van der Waals surface area contributed by atoms with Crippen molar-refractivity contribution in [1.82, 2.24) is 5.32 Å². The summed E-state index contributed by atoms with van der Waals surface area (Å²) in [6, 6.07) is 16.2. The molecule has 0 spiro atoms. The van der Waals surface area contributed by atoms with Crippen LogP contribution in [0.3, 0.4) is 0 Å². The average molecular weight is 280 g/mol. The van der Waals surface area contributed by atoms with Crippen molar-refractivity contribution in [2.24, 2.45) is 0 Å². The van der Waals surface area contributed by atoms with Crippen LogP contribution < -0.4 is 10.1 Å². The summed E-state index contributed by atoms with van der Waals surface area (Å²) in [6.45, 7) is 3.62. The van der Waals surface area contributed by atoms with Crippen LogP contribution in [-0.4, -0.2) is 7.11 Å². The molecule has 0 amide bonds. The topological polar surface area (TPSA) is 45.0 Å². The van der Waals surface area contributed by atoms with Gasteiger partial charge in [-0.3, -0.25) is 0 Å². The maximum absolute atomic E-state index is 8.97. The van der Waals surface area contributed by atoms with Crippen LogP contribution in [0.1, 0.15) is 29.2 Å². The summed E-state index contributed by atoms with van der Waals surface area (Å²) in [5.41, 5.74) is 4.26. The maximum atomic E-state index is 8.97. The molecule has 0 unspecified atom stereocenters. The van der Waals surface area contributed by atoms with E-state index in [9.17, 15) is 0 Å². The van der Waals surface area contributed by atoms with E-state index in [0.717, 1.165) is 24.3 Å². The van der Waals surface area contributed by atoms with Gasteiger partial charge in [-0.2, -0.15) is 5.26 Å². The van der Waals surface area contributed by atoms with E-state index in [1.54, 1.807) is 13.2 Å². The largest absolute Gasteiger partial charge is 0.496 e. The standard InChI is InChI=1S/C18H20N2O/c1-3-14-4-6-15(7-5-14)12-20-13-17-10-16(11-19)8-9-18(17)21-2/h4-10,20H,3,12-13H2,1-2H3. The Morgan fingerprint density at radius 1 is 1.05 bits per heavy atom. The van der Waals surface area contributed by atoms with Gasteiger partial charge in [-0.05, 0) is 35.7 Å². The van der Waals surface area contributed by atoms with Crippen molar-refractivity contribution in [3.05, 3.63) is 64.7 Å². The first kappa shape index (κ1) is 15.1. The van der Waals surface area contributed by atoms with Crippen LogP contribution in [0.2, 0.25) is 0 Å². The first-order valence-electron chi connectivity index (χ1n) is 7.12. The average Bonchev–Trinajstić information content (AvgIpc) is 2.55. The molecule has 0 atom stereocenters. The minimum atomic E-state index is 0.653. The van der Waals surface area contributed by atoms with E-state index in [1.165, 1.54) is 11.1 Å². The van der Waals surface area contributed by atoms with E-state index in [2.05, 4.69) is 42.6 Å². The van der Waals surface area contributed by atoms with Gasteiger partial charge in [0.05, 0.1) is 18.7 Å². The van der Waals surface area contributed by atoms with Crippen molar-refractivity contribution >= 4 is 0 Å². The Morgan fingerprint density at radius 3 is 2.38 bits per heavy atom. The highest BCUT2D eigenvalue weighted by Gasteiger charge is 2.04. The molecule has 0 radical (unpaired) electrons. The Kier molecular flexibility index (Phi) is 5.36. The molecule has 0 saturated carbocycles. The van der Waals surface area contributed by atoms with Crippen molar-refractivity contribution in [2.75, 3.05) is 7.11 Å². The predicted octanol–water partition coefficient (Wildman–Crippen LogP) is 3.42. The number of hydrogen-bond donors (Lipinski definition) is 1. The summed E-state index contributed by atoms with van der Waals surface area (Å²) in [6.07, 6.45) is 1.06. The van der Waals surface area contributed by atoms with E-state index in [4.69, 9.17) is 10.00 Å². The zero-order valence-corrected chi connectivity index (χ0v) is 12.5. The predicted molar refractivity (Wildman–Crippen MR) is 84.1 cm³/mol. The number of benzene rings is 2. The molecule has 0 heterocycles. The molecule has 2 aromatic carbocycles. The number of nitrogens with zero attached hydrogens (tertiary/aromatic N) is 1. The van der Waals surface area contributed by atoms with Gasteiger partial charge in [0.25, 0.3) is 0 Å². The summed E-state index contributed by atoms with van der Waals surface area (Å²) >= 11 is 0. The minimum absolute atomic E-state index is 0.653. The van der Waals surface area contributed by atoms with Crippen LogP contribution in [0.25, 0.3) is 0 Å². The molecule has 3 nitrogen and oxygen atoms in total. The Morgan fingerprint density at radius 2 is 1.76 bits per heavy atom. The molecule has 0 aliphatic rings. The zero-order valence-electron chi connectivity index (χ0n) is 12.5. The lowest BCUT2D eigenvalue weighted by Gasteiger charge is -2.10. The molecule has 0 aromatic heterocycles. The highest BCUT2D eigenvalue weighted by molar-refractivity contribution is 5.42. The van der Waals surface area contributed by atoms with Crippen molar-refractivity contribution in [3.8, 4) is 11.8 Å². The van der Waals surface area contributed by atoms with Crippen LogP contribution in [-0.2, 0) is 19.5 Å². The third-order valence-corrected chi connectivity index (χ3v) is 3.49. The summed E-state index contributed by atoms with van der Waals surface area (Å²) in [7, 11) is 1.65. The lowest BCUT2D eigenvalue weighted by Crippen LogP contribution is -2.13. The zero-order chi connectivity index (χ0) is 15.1. The number of rotatable bonds is 6. The number of hydrogen-bond acceptors (Lipinski definition) is 3. The van der Waals surface area contributed by atoms with Gasteiger partial charge < -0.3 is 10.1 Å². The molecule has 1 N–H and O–H groups in total. The second kappa shape index (κ2) is 7.47. The molecule has 0 aliphatic carbocycles. The lowest BCUT2D eigenvalue weighted by molar-refractivity contribution is 0.407. The molecule has 2 rings (SSSR count). The van der Waals surface area contributed by atoms with E-state index in [0.29, 0.717) is 12.1 Å². The van der Waals surface area contributed by atoms with E-state index in [1.807, 2.05) is 12.1 Å². The Balaban J connectivity index is 1.97. The van der Waals surface area contributed by atoms with Crippen molar-refractivity contribution in [3.63, 3.8) is 0 Å². The Labute approximate surface area is 126 Å². The van der Waals surface area contributed by atoms with E-state index < -0.39 is 0 Å². The lowest BCUT2D eigenvalue weighted by atomic mass is 10.1. The number of nitrogens with one attached hydrogen (secondary N) is 1. The van der Waals surface area contributed by atoms with Crippen LogP contribution in [0.4, 0.5) is 0 Å². The first-order valence-corrected chi connectivity index (χ1v) is 7.12. The highest BCUT2D eigenvalue weighted by Crippen LogP contribution is 2.19. The molecule has 0 bridgehead atoms. The smallest absolute Gasteiger partial charge is 0.123 e. The molecule has 0 aliphatic heterocycles. The van der Waals surface area contributed by atoms with Gasteiger partial charge in [-0.15, -0.1) is 0 Å². The molecule has 0 fully saturated rings. The molecule has 21 heavy (non-hydrogen) atoms. The summed E-state index contributed by atoms with van der Waals surface area (Å²) < 4.78 is 5.33. The molecule has 108 valence electrons. The van der Waals surface area contributed by atoms with Gasteiger partial charge in [0.2, 0.25) is 0 Å². The fourth-order valence-electron chi connectivity index (χ4n) is 2.22. The molecule has 0 saturated heterocycles. The third-order valence-electron chi connectivity index (χ3n) is 3.49. The second-order valence-electron chi connectivity index (χ2n) is 4.91. The Bertz CT molecular complexity index is 627. The van der Waals surface area contributed by atoms with Crippen LogP contribution >= 0.6 is 0 Å². The van der Waals surface area contributed by atoms with Crippen LogP contribution in [0.15, 0.2) is 42.5 Å². The normalized spacial score (nSPS) is 10.1. The summed E-state index contributed by atoms with van der Waals surface area (Å²) in [5, 5.41) is 12.4. The van der Waals surface area contributed by atoms with Gasteiger partial charge in [0.15, 0.2) is 0 Å². The van der Waals surface area contributed by atoms with Gasteiger partial charge in [-0.1, -0.05) is 31.2 Å². The van der Waals surface area contributed by atoms with Gasteiger partial charge in [0, 0.05) is 18.7 Å². The second-order valence-corrected chi connectivity index (χ2v) is 4.91. The number of aryl methyl sites for hydroxylation is 1. The van der Waals surface area contributed by atoms with Crippen LogP contribution in [0.5, 0.6) is 5.75 Å².